The highest BCUT2D eigenvalue weighted by molar-refractivity contribution is 6.00. The minimum absolute atomic E-state index is 0.0180. The Balaban J connectivity index is 1.30. The van der Waals surface area contributed by atoms with Crippen molar-refractivity contribution in [2.24, 2.45) is 0 Å². The number of carbonyl (C=O) groups is 2. The molecular weight excluding hydrogens is 510 g/mol. The molecule has 0 unspecified atom stereocenters. The van der Waals surface area contributed by atoms with Gasteiger partial charge in [0.25, 0.3) is 5.91 Å². The van der Waals surface area contributed by atoms with Crippen molar-refractivity contribution >= 4 is 34.1 Å². The quantitative estimate of drug-likeness (QED) is 0.321. The molecule has 2 bridgehead atoms. The Morgan fingerprint density at radius 2 is 1.93 bits per heavy atom. The number of nitrogens with zero attached hydrogens (tertiary/aromatic N) is 7. The molecule has 202 valence electrons. The number of pyridine rings is 1. The fraction of sp³-hybridized carbons (Fsp3) is 0.321. The van der Waals surface area contributed by atoms with Crippen LogP contribution >= 0.6 is 0 Å². The number of aromatic amines is 1. The third kappa shape index (κ3) is 3.70. The number of Topliss-reactive ketones (excluding diaryl/α,β-unsaturated/α-hetero) is 1. The van der Waals surface area contributed by atoms with Gasteiger partial charge in [-0.15, -0.1) is 10.2 Å². The molecule has 2 aliphatic heterocycles. The SMILES string of the molecule is COc1ccc2ncc(-c3cnn4c(N)c(C(C)=O)c([C@@H]5C[C@H]6CC[C@@H](C5)N6C(=O)c5nnc[nH]5)nc34)cc2c1. The predicted octanol–water partition coefficient (Wildman–Crippen LogP) is 3.41. The number of H-pyrrole nitrogens is 1. The van der Waals surface area contributed by atoms with Crippen molar-refractivity contribution in [1.29, 1.82) is 0 Å². The van der Waals surface area contributed by atoms with Gasteiger partial charge in [0.2, 0.25) is 5.82 Å². The van der Waals surface area contributed by atoms with Gasteiger partial charge in [-0.05, 0) is 56.9 Å². The summed E-state index contributed by atoms with van der Waals surface area (Å²) in [5.41, 5.74) is 10.7. The van der Waals surface area contributed by atoms with Crippen molar-refractivity contribution < 1.29 is 14.3 Å². The Kier molecular flexibility index (Phi) is 5.51. The van der Waals surface area contributed by atoms with E-state index in [1.54, 1.807) is 19.5 Å². The molecule has 0 radical (unpaired) electrons. The lowest BCUT2D eigenvalue weighted by atomic mass is 9.85. The zero-order valence-corrected chi connectivity index (χ0v) is 22.0. The molecule has 0 aliphatic carbocycles. The Labute approximate surface area is 228 Å². The highest BCUT2D eigenvalue weighted by Crippen LogP contribution is 2.45. The van der Waals surface area contributed by atoms with E-state index >= 15 is 0 Å². The summed E-state index contributed by atoms with van der Waals surface area (Å²) < 4.78 is 6.92. The first-order chi connectivity index (χ1) is 19.4. The Hall–Kier alpha value is -4.87. The van der Waals surface area contributed by atoms with Crippen molar-refractivity contribution in [3.63, 3.8) is 0 Å². The summed E-state index contributed by atoms with van der Waals surface area (Å²) in [5, 5.41) is 13.1. The topological polar surface area (TPSA) is 157 Å². The lowest BCUT2D eigenvalue weighted by Gasteiger charge is -2.38. The third-order valence-corrected chi connectivity index (χ3v) is 8.24. The number of nitrogens with two attached hydrogens (primary N) is 1. The maximum absolute atomic E-state index is 13.1. The van der Waals surface area contributed by atoms with Crippen LogP contribution in [-0.4, -0.2) is 70.5 Å². The number of methoxy groups -OCH3 is 1. The van der Waals surface area contributed by atoms with Crippen LogP contribution in [0.3, 0.4) is 0 Å². The van der Waals surface area contributed by atoms with Crippen LogP contribution in [0.1, 0.15) is 65.2 Å². The largest absolute Gasteiger partial charge is 0.497 e. The van der Waals surface area contributed by atoms with E-state index in [-0.39, 0.29) is 41.3 Å². The number of hydrogen-bond donors (Lipinski definition) is 2. The minimum atomic E-state index is -0.161. The second-order valence-corrected chi connectivity index (χ2v) is 10.5. The molecule has 3 N–H and O–H groups in total. The average Bonchev–Trinajstić information content (AvgIpc) is 3.70. The van der Waals surface area contributed by atoms with Crippen molar-refractivity contribution in [3.05, 3.63) is 60.1 Å². The van der Waals surface area contributed by atoms with Crippen LogP contribution in [0, 0.1) is 0 Å². The fourth-order valence-electron chi connectivity index (χ4n) is 6.44. The summed E-state index contributed by atoms with van der Waals surface area (Å²) >= 11 is 0. The fourth-order valence-corrected chi connectivity index (χ4v) is 6.44. The molecule has 3 atom stereocenters. The van der Waals surface area contributed by atoms with E-state index in [2.05, 4.69) is 25.3 Å². The van der Waals surface area contributed by atoms with Gasteiger partial charge in [0, 0.05) is 40.7 Å². The van der Waals surface area contributed by atoms with Crippen LogP contribution in [0.15, 0.2) is 43.0 Å². The second-order valence-electron chi connectivity index (χ2n) is 10.5. The molecule has 1 aromatic carbocycles. The number of aromatic nitrogens is 7. The standard InChI is InChI=1S/C28H27N9O3/c1-14(38)23-24(16-8-18-3-4-19(9-16)36(18)28(39)26-31-13-32-35-26)34-27-21(12-33-37(27)25(23)29)17-7-15-10-20(40-2)5-6-22(15)30-11-17/h5-7,10-13,16,18-19H,3-4,8-9,29H2,1-2H3,(H,31,32,35)/t16-,18-,19+. The van der Waals surface area contributed by atoms with Crippen LogP contribution in [0.25, 0.3) is 27.7 Å². The maximum atomic E-state index is 13.1. The van der Waals surface area contributed by atoms with Crippen LogP contribution in [-0.2, 0) is 0 Å². The lowest BCUT2D eigenvalue weighted by molar-refractivity contribution is 0.0556. The first-order valence-electron chi connectivity index (χ1n) is 13.2. The number of nitrogens with one attached hydrogen (secondary N) is 1. The van der Waals surface area contributed by atoms with E-state index in [1.165, 1.54) is 17.8 Å². The van der Waals surface area contributed by atoms with Gasteiger partial charge in [0.05, 0.1) is 30.1 Å². The highest BCUT2D eigenvalue weighted by atomic mass is 16.5. The summed E-state index contributed by atoms with van der Waals surface area (Å²) in [7, 11) is 1.63. The predicted molar refractivity (Wildman–Crippen MR) is 146 cm³/mol. The number of ketones is 1. The molecule has 0 spiro atoms. The monoisotopic (exact) mass is 537 g/mol. The van der Waals surface area contributed by atoms with Crippen LogP contribution in [0.2, 0.25) is 0 Å². The van der Waals surface area contributed by atoms with Crippen LogP contribution < -0.4 is 10.5 Å². The molecule has 0 saturated carbocycles. The summed E-state index contributed by atoms with van der Waals surface area (Å²) in [4.78, 5) is 40.5. The number of hydrogen-bond acceptors (Lipinski definition) is 9. The first-order valence-corrected chi connectivity index (χ1v) is 13.2. The molecule has 12 nitrogen and oxygen atoms in total. The number of anilines is 1. The number of amides is 1. The summed E-state index contributed by atoms with van der Waals surface area (Å²) in [5.74, 6) is 0.910. The van der Waals surface area contributed by atoms with Crippen molar-refractivity contribution in [2.45, 2.75) is 50.6 Å². The normalized spacial score (nSPS) is 20.4. The summed E-state index contributed by atoms with van der Waals surface area (Å²) in [6, 6.07) is 7.78. The van der Waals surface area contributed by atoms with E-state index < -0.39 is 0 Å². The summed E-state index contributed by atoms with van der Waals surface area (Å²) in [6.45, 7) is 1.50. The van der Waals surface area contributed by atoms with Gasteiger partial charge in [0.15, 0.2) is 11.4 Å². The van der Waals surface area contributed by atoms with E-state index in [1.807, 2.05) is 29.2 Å². The van der Waals surface area contributed by atoms with E-state index in [0.29, 0.717) is 29.7 Å². The molecule has 1 amide bonds. The molecule has 5 aromatic rings. The van der Waals surface area contributed by atoms with Gasteiger partial charge in [-0.1, -0.05) is 0 Å². The molecule has 2 aliphatic rings. The van der Waals surface area contributed by atoms with Gasteiger partial charge >= 0.3 is 0 Å². The number of nitrogen functional groups attached to an aromatic ring is 1. The number of fused-ring (bicyclic) bond motifs is 4. The van der Waals surface area contributed by atoms with Crippen molar-refractivity contribution in [2.75, 3.05) is 12.8 Å². The number of benzene rings is 1. The Bertz CT molecular complexity index is 1780. The third-order valence-electron chi connectivity index (χ3n) is 8.24. The van der Waals surface area contributed by atoms with Gasteiger partial charge in [-0.2, -0.15) is 9.61 Å². The van der Waals surface area contributed by atoms with E-state index in [0.717, 1.165) is 40.6 Å². The van der Waals surface area contributed by atoms with Crippen LogP contribution in [0.5, 0.6) is 5.75 Å². The number of ether oxygens (including phenoxy) is 1. The van der Waals surface area contributed by atoms with E-state index in [9.17, 15) is 9.59 Å². The average molecular weight is 538 g/mol. The molecule has 6 heterocycles. The molecular formula is C28H27N9O3. The van der Waals surface area contributed by atoms with Crippen molar-refractivity contribution in [1.82, 2.24) is 39.7 Å². The maximum Gasteiger partial charge on any atom is 0.292 e. The summed E-state index contributed by atoms with van der Waals surface area (Å²) in [6.07, 6.45) is 8.04. The van der Waals surface area contributed by atoms with Crippen molar-refractivity contribution in [3.8, 4) is 16.9 Å². The molecule has 2 saturated heterocycles. The highest BCUT2D eigenvalue weighted by Gasteiger charge is 2.45. The number of rotatable bonds is 5. The molecule has 4 aromatic heterocycles. The van der Waals surface area contributed by atoms with Gasteiger partial charge in [0.1, 0.15) is 17.9 Å². The molecule has 2 fully saturated rings. The van der Waals surface area contributed by atoms with Crippen LogP contribution in [0.4, 0.5) is 5.82 Å². The second kappa shape index (κ2) is 9.11. The zero-order chi connectivity index (χ0) is 27.5. The smallest absolute Gasteiger partial charge is 0.292 e. The lowest BCUT2D eigenvalue weighted by Crippen LogP contribution is -2.46. The zero-order valence-electron chi connectivity index (χ0n) is 22.0. The molecule has 40 heavy (non-hydrogen) atoms. The minimum Gasteiger partial charge on any atom is -0.497 e. The van der Waals surface area contributed by atoms with Gasteiger partial charge in [-0.25, -0.2) is 4.98 Å². The number of carbonyl (C=O) groups excluding carboxylic acids is 2. The Morgan fingerprint density at radius 1 is 1.12 bits per heavy atom. The molecule has 12 heteroatoms. The number of piperidine rings is 1. The Morgan fingerprint density at radius 3 is 2.62 bits per heavy atom. The molecule has 7 rings (SSSR count). The van der Waals surface area contributed by atoms with E-state index in [4.69, 9.17) is 15.5 Å². The van der Waals surface area contributed by atoms with Gasteiger partial charge in [-0.3, -0.25) is 14.6 Å². The van der Waals surface area contributed by atoms with Gasteiger partial charge < -0.3 is 20.4 Å². The first kappa shape index (κ1) is 24.2.